The normalized spacial score (nSPS) is 24.5. The van der Waals surface area contributed by atoms with Crippen LogP contribution in [-0.4, -0.2) is 41.7 Å². The van der Waals surface area contributed by atoms with E-state index in [1.165, 1.54) is 24.2 Å². The Morgan fingerprint density at radius 3 is 2.86 bits per heavy atom. The van der Waals surface area contributed by atoms with Crippen LogP contribution >= 0.6 is 36.2 Å². The highest BCUT2D eigenvalue weighted by Crippen LogP contribution is 2.32. The van der Waals surface area contributed by atoms with Crippen molar-refractivity contribution < 1.29 is 9.90 Å². The van der Waals surface area contributed by atoms with Gasteiger partial charge in [-0.1, -0.05) is 0 Å². The molecule has 0 saturated carbocycles. The van der Waals surface area contributed by atoms with Crippen LogP contribution in [0.25, 0.3) is 0 Å². The van der Waals surface area contributed by atoms with Gasteiger partial charge in [-0.25, -0.2) is 9.78 Å². The summed E-state index contributed by atoms with van der Waals surface area (Å²) in [5.41, 5.74) is 0.212. The molecule has 3 rings (SSSR count). The number of carboxylic acid groups (broad SMARTS) is 1. The number of thiazole rings is 1. The fourth-order valence-corrected chi connectivity index (χ4v) is 4.07. The van der Waals surface area contributed by atoms with Gasteiger partial charge in [-0.3, -0.25) is 0 Å². The first-order valence-corrected chi connectivity index (χ1v) is 7.66. The van der Waals surface area contributed by atoms with Crippen molar-refractivity contribution in [3.63, 3.8) is 0 Å². The highest BCUT2D eigenvalue weighted by Gasteiger charge is 2.32. The van der Waals surface area contributed by atoms with E-state index in [0.29, 0.717) is 12.0 Å². The maximum Gasteiger partial charge on any atom is 0.355 e. The van der Waals surface area contributed by atoms with Crippen molar-refractivity contribution in [2.75, 3.05) is 24.5 Å². The molecule has 2 aliphatic heterocycles. The lowest BCUT2D eigenvalue weighted by molar-refractivity contribution is 0.0690. The summed E-state index contributed by atoms with van der Waals surface area (Å²) in [4.78, 5) is 18.4. The first-order chi connectivity index (χ1) is 9.15. The maximum atomic E-state index is 11.1. The Morgan fingerprint density at radius 2 is 2.19 bits per heavy atom. The monoisotopic (exact) mass is 353 g/mol. The van der Waals surface area contributed by atoms with E-state index in [-0.39, 0.29) is 30.5 Å². The zero-order valence-corrected chi connectivity index (χ0v) is 14.3. The molecule has 5 nitrogen and oxygen atoms in total. The molecule has 8 heteroatoms. The zero-order valence-electron chi connectivity index (χ0n) is 11.9. The van der Waals surface area contributed by atoms with Crippen molar-refractivity contribution in [1.82, 2.24) is 10.3 Å². The predicted molar refractivity (Wildman–Crippen MR) is 89.7 cm³/mol. The lowest BCUT2D eigenvalue weighted by atomic mass is 9.86. The van der Waals surface area contributed by atoms with E-state index < -0.39 is 5.97 Å². The molecule has 120 valence electrons. The molecule has 0 radical (unpaired) electrons. The van der Waals surface area contributed by atoms with Gasteiger partial charge in [0.05, 0.1) is 0 Å². The molecule has 0 unspecified atom stereocenters. The highest BCUT2D eigenvalue weighted by atomic mass is 35.5. The van der Waals surface area contributed by atoms with Crippen molar-refractivity contribution in [3.05, 3.63) is 10.6 Å². The summed E-state index contributed by atoms with van der Waals surface area (Å²) < 4.78 is 0. The minimum atomic E-state index is -0.922. The number of hydrogen-bond donors (Lipinski definition) is 2. The Hall–Kier alpha value is -0.560. The first kappa shape index (κ1) is 18.5. The molecule has 3 heterocycles. The van der Waals surface area contributed by atoms with Gasteiger partial charge in [-0.15, -0.1) is 36.2 Å². The minimum Gasteiger partial charge on any atom is -0.476 e. The van der Waals surface area contributed by atoms with Gasteiger partial charge in [0.15, 0.2) is 10.8 Å². The van der Waals surface area contributed by atoms with Crippen molar-refractivity contribution in [1.29, 1.82) is 0 Å². The second kappa shape index (κ2) is 7.63. The maximum absolute atomic E-state index is 11.1. The van der Waals surface area contributed by atoms with Crippen LogP contribution in [-0.2, 0) is 0 Å². The number of nitrogens with zero attached hydrogens (tertiary/aromatic N) is 2. The van der Waals surface area contributed by atoms with Crippen molar-refractivity contribution in [2.24, 2.45) is 5.92 Å². The van der Waals surface area contributed by atoms with E-state index >= 15 is 0 Å². The fourth-order valence-electron chi connectivity index (χ4n) is 3.14. The Kier molecular flexibility index (Phi) is 6.71. The molecule has 2 fully saturated rings. The molecule has 1 aromatic rings. The number of carbonyl (C=O) groups is 1. The number of aryl methyl sites for hydroxylation is 1. The summed E-state index contributed by atoms with van der Waals surface area (Å²) >= 11 is 1.50. The number of nitrogens with one attached hydrogen (secondary N) is 1. The van der Waals surface area contributed by atoms with Crippen LogP contribution in [0.1, 0.15) is 34.6 Å². The molecule has 0 bridgehead atoms. The topological polar surface area (TPSA) is 65.5 Å². The number of fused-ring (bicyclic) bond motifs is 1. The van der Waals surface area contributed by atoms with E-state index in [4.69, 9.17) is 5.11 Å². The molecule has 0 aliphatic carbocycles. The van der Waals surface area contributed by atoms with Crippen LogP contribution in [0.5, 0.6) is 0 Å². The summed E-state index contributed by atoms with van der Waals surface area (Å²) in [6.07, 6.45) is 3.64. The standard InChI is InChI=1S/C13H19N3O2S.2ClH/c1-8-11(12(17)18)15-13(19-8)16-6-4-10-9(7-16)3-2-5-14-10;;/h9-10,14H,2-7H2,1H3,(H,17,18);2*1H/t9-,10+;;/m1../s1. The Morgan fingerprint density at radius 1 is 1.43 bits per heavy atom. The van der Waals surface area contributed by atoms with Crippen LogP contribution in [0.3, 0.4) is 0 Å². The Balaban J connectivity index is 0.00000110. The molecule has 0 aromatic carbocycles. The third kappa shape index (κ3) is 3.80. The van der Waals surface area contributed by atoms with Crippen LogP contribution in [0.2, 0.25) is 0 Å². The van der Waals surface area contributed by atoms with Gasteiger partial charge in [0.25, 0.3) is 0 Å². The van der Waals surface area contributed by atoms with E-state index in [1.807, 2.05) is 6.92 Å². The lowest BCUT2D eigenvalue weighted by Gasteiger charge is -2.41. The molecule has 2 aliphatic rings. The van der Waals surface area contributed by atoms with Crippen molar-refractivity contribution >= 4 is 47.3 Å². The smallest absolute Gasteiger partial charge is 0.355 e. The molecule has 2 atom stereocenters. The fraction of sp³-hybridized carbons (Fsp3) is 0.692. The van der Waals surface area contributed by atoms with E-state index in [0.717, 1.165) is 36.1 Å². The summed E-state index contributed by atoms with van der Waals surface area (Å²) in [7, 11) is 0. The van der Waals surface area contributed by atoms with Gasteiger partial charge in [0, 0.05) is 24.0 Å². The van der Waals surface area contributed by atoms with Gasteiger partial charge in [0.1, 0.15) is 0 Å². The summed E-state index contributed by atoms with van der Waals surface area (Å²) in [5, 5.41) is 13.5. The number of aromatic nitrogens is 1. The molecule has 21 heavy (non-hydrogen) atoms. The van der Waals surface area contributed by atoms with Crippen LogP contribution in [0.15, 0.2) is 0 Å². The van der Waals surface area contributed by atoms with Crippen molar-refractivity contribution in [3.8, 4) is 0 Å². The number of piperidine rings is 2. The number of hydrogen-bond acceptors (Lipinski definition) is 5. The third-order valence-corrected chi connectivity index (χ3v) is 5.18. The lowest BCUT2D eigenvalue weighted by Crippen LogP contribution is -2.52. The number of rotatable bonds is 2. The van der Waals surface area contributed by atoms with Gasteiger partial charge in [-0.2, -0.15) is 0 Å². The number of carboxylic acids is 1. The molecular formula is C13H21Cl2N3O2S. The highest BCUT2D eigenvalue weighted by molar-refractivity contribution is 7.15. The second-order valence-electron chi connectivity index (χ2n) is 5.40. The summed E-state index contributed by atoms with van der Waals surface area (Å²) in [6, 6.07) is 0.644. The quantitative estimate of drug-likeness (QED) is 0.855. The molecule has 0 amide bonds. The second-order valence-corrected chi connectivity index (χ2v) is 6.59. The molecule has 1 aromatic heterocycles. The van der Waals surface area contributed by atoms with Gasteiger partial charge in [0.2, 0.25) is 0 Å². The van der Waals surface area contributed by atoms with Crippen LogP contribution < -0.4 is 10.2 Å². The van der Waals surface area contributed by atoms with Crippen molar-refractivity contribution in [2.45, 2.75) is 32.2 Å². The summed E-state index contributed by atoms with van der Waals surface area (Å²) in [6.45, 7) is 4.95. The number of aromatic carboxylic acids is 1. The van der Waals surface area contributed by atoms with E-state index in [2.05, 4.69) is 15.2 Å². The number of halogens is 2. The number of anilines is 1. The molecule has 2 N–H and O–H groups in total. The average Bonchev–Trinajstić information content (AvgIpc) is 2.80. The van der Waals surface area contributed by atoms with Gasteiger partial charge < -0.3 is 15.3 Å². The molecule has 0 spiro atoms. The van der Waals surface area contributed by atoms with Crippen LogP contribution in [0, 0.1) is 12.8 Å². The predicted octanol–water partition coefficient (Wildman–Crippen LogP) is 2.57. The SMILES string of the molecule is Cc1sc(N2CC[C@@H]3NCCC[C@@H]3C2)nc1C(=O)O.Cl.Cl. The summed E-state index contributed by atoms with van der Waals surface area (Å²) in [5.74, 6) is -0.241. The largest absolute Gasteiger partial charge is 0.476 e. The molecule has 2 saturated heterocycles. The van der Waals surface area contributed by atoms with Gasteiger partial charge >= 0.3 is 5.97 Å². The third-order valence-electron chi connectivity index (χ3n) is 4.15. The van der Waals surface area contributed by atoms with E-state index in [9.17, 15) is 4.79 Å². The Labute approximate surface area is 141 Å². The van der Waals surface area contributed by atoms with Crippen LogP contribution in [0.4, 0.5) is 5.13 Å². The minimum absolute atomic E-state index is 0. The first-order valence-electron chi connectivity index (χ1n) is 6.84. The Bertz CT molecular complexity index is 498. The average molecular weight is 354 g/mol. The molecular weight excluding hydrogens is 333 g/mol. The van der Waals surface area contributed by atoms with Gasteiger partial charge in [-0.05, 0) is 38.6 Å². The zero-order chi connectivity index (χ0) is 13.4. The van der Waals surface area contributed by atoms with E-state index in [1.54, 1.807) is 0 Å².